The second-order valence-electron chi connectivity index (χ2n) is 4.18. The molecule has 1 nitrogen and oxygen atoms in total. The Morgan fingerprint density at radius 1 is 1.15 bits per heavy atom. The third kappa shape index (κ3) is 1.89. The van der Waals surface area contributed by atoms with Crippen LogP contribution in [0, 0.1) is 0 Å². The minimum absolute atomic E-state index is 0.0906. The molecular formula is C12H3Cl6FO. The van der Waals surface area contributed by atoms with Gasteiger partial charge in [-0.3, -0.25) is 0 Å². The van der Waals surface area contributed by atoms with Crippen LogP contribution in [0.5, 0.6) is 0 Å². The predicted molar refractivity (Wildman–Crippen MR) is 82.2 cm³/mol. The number of benzene rings is 1. The molecule has 1 heterocycles. The summed E-state index contributed by atoms with van der Waals surface area (Å²) in [6.07, 6.45) is 0. The fourth-order valence-electron chi connectivity index (χ4n) is 2.10. The number of hydrogen-bond acceptors (Lipinski definition) is 1. The van der Waals surface area contributed by atoms with Gasteiger partial charge in [-0.15, -0.1) is 11.6 Å². The van der Waals surface area contributed by atoms with Crippen molar-refractivity contribution >= 4 is 80.6 Å². The summed E-state index contributed by atoms with van der Waals surface area (Å²) in [5.41, 5.74) is 0.487. The normalized spacial score (nSPS) is 26.2. The second-order valence-corrected chi connectivity index (χ2v) is 6.71. The van der Waals surface area contributed by atoms with E-state index in [2.05, 4.69) is 0 Å². The van der Waals surface area contributed by atoms with Crippen LogP contribution in [0.15, 0.2) is 26.6 Å². The van der Waals surface area contributed by atoms with E-state index in [-0.39, 0.29) is 26.4 Å². The van der Waals surface area contributed by atoms with E-state index in [0.29, 0.717) is 10.9 Å². The van der Waals surface area contributed by atoms with E-state index in [4.69, 9.17) is 74.0 Å². The summed E-state index contributed by atoms with van der Waals surface area (Å²) in [6.45, 7) is 0. The van der Waals surface area contributed by atoms with E-state index in [1.165, 1.54) is 0 Å². The highest BCUT2D eigenvalue weighted by Crippen LogP contribution is 2.57. The molecule has 0 spiro atoms. The molecule has 0 radical (unpaired) electrons. The Balaban J connectivity index is 2.44. The first-order chi connectivity index (χ1) is 9.26. The van der Waals surface area contributed by atoms with Gasteiger partial charge in [0.05, 0.1) is 20.5 Å². The van der Waals surface area contributed by atoms with Gasteiger partial charge in [-0.05, 0) is 12.1 Å². The molecule has 3 rings (SSSR count). The summed E-state index contributed by atoms with van der Waals surface area (Å²) in [7, 11) is 0. The SMILES string of the molecule is FC1(Cl)C(Cl)=C(Cl)C(Cl)c2c1oc1c(Cl)c(Cl)ccc21. The van der Waals surface area contributed by atoms with Crippen LogP contribution in [0.25, 0.3) is 11.0 Å². The van der Waals surface area contributed by atoms with Crippen molar-refractivity contribution < 1.29 is 8.81 Å². The summed E-state index contributed by atoms with van der Waals surface area (Å²) in [5.74, 6) is -0.229. The van der Waals surface area contributed by atoms with E-state index in [9.17, 15) is 4.39 Å². The summed E-state index contributed by atoms with van der Waals surface area (Å²) >= 11 is 35.7. The molecule has 0 bridgehead atoms. The highest BCUT2D eigenvalue weighted by molar-refractivity contribution is 6.48. The summed E-state index contributed by atoms with van der Waals surface area (Å²) in [4.78, 5) is 0. The maximum absolute atomic E-state index is 14.6. The fourth-order valence-corrected chi connectivity index (χ4v) is 3.55. The Morgan fingerprint density at radius 3 is 2.45 bits per heavy atom. The third-order valence-electron chi connectivity index (χ3n) is 3.04. The van der Waals surface area contributed by atoms with Crippen molar-refractivity contribution in [3.05, 3.63) is 43.6 Å². The molecule has 8 heteroatoms. The summed E-state index contributed by atoms with van der Waals surface area (Å²) in [5, 5.41) is -3.09. The van der Waals surface area contributed by atoms with Crippen molar-refractivity contribution in [3.63, 3.8) is 0 Å². The fraction of sp³-hybridized carbons (Fsp3) is 0.167. The first-order valence-electron chi connectivity index (χ1n) is 5.25. The molecule has 1 aromatic carbocycles. The highest BCUT2D eigenvalue weighted by Gasteiger charge is 2.48. The lowest BCUT2D eigenvalue weighted by atomic mass is 9.99. The number of hydrogen-bond donors (Lipinski definition) is 0. The third-order valence-corrected chi connectivity index (χ3v) is 5.80. The van der Waals surface area contributed by atoms with Crippen LogP contribution in [-0.4, -0.2) is 0 Å². The minimum Gasteiger partial charge on any atom is -0.454 e. The lowest BCUT2D eigenvalue weighted by Crippen LogP contribution is -2.20. The molecule has 0 N–H and O–H groups in total. The molecule has 0 amide bonds. The van der Waals surface area contributed by atoms with Crippen LogP contribution in [0.2, 0.25) is 10.0 Å². The van der Waals surface area contributed by atoms with Crippen LogP contribution >= 0.6 is 69.6 Å². The number of alkyl halides is 3. The lowest BCUT2D eigenvalue weighted by Gasteiger charge is -2.25. The maximum Gasteiger partial charge on any atom is 0.278 e. The Hall–Kier alpha value is 0.170. The monoisotopic (exact) mass is 392 g/mol. The number of fused-ring (bicyclic) bond motifs is 3. The molecule has 0 fully saturated rings. The van der Waals surface area contributed by atoms with E-state index in [1.807, 2.05) is 0 Å². The van der Waals surface area contributed by atoms with Gasteiger partial charge in [-0.1, -0.05) is 58.0 Å². The standard InChI is InChI=1S/C12H3Cl6FO/c13-4-2-1-3-5-7(15)8(16)10(17)12(18,19)11(5)20-9(3)6(4)14/h1-2,7H. The van der Waals surface area contributed by atoms with Gasteiger partial charge in [0, 0.05) is 10.9 Å². The molecule has 1 aliphatic carbocycles. The van der Waals surface area contributed by atoms with Gasteiger partial charge in [0.25, 0.3) is 5.13 Å². The van der Waals surface area contributed by atoms with Gasteiger partial charge >= 0.3 is 0 Å². The van der Waals surface area contributed by atoms with E-state index in [1.54, 1.807) is 12.1 Å². The zero-order valence-electron chi connectivity index (χ0n) is 9.29. The lowest BCUT2D eigenvalue weighted by molar-refractivity contribution is 0.287. The van der Waals surface area contributed by atoms with Crippen molar-refractivity contribution in [2.24, 2.45) is 0 Å². The molecular weight excluding hydrogens is 392 g/mol. The van der Waals surface area contributed by atoms with Crippen LogP contribution in [0.1, 0.15) is 16.7 Å². The molecule has 20 heavy (non-hydrogen) atoms. The quantitative estimate of drug-likeness (QED) is 0.435. The smallest absolute Gasteiger partial charge is 0.278 e. The molecule has 2 aromatic rings. The molecule has 1 aromatic heterocycles. The Labute approximate surface area is 143 Å². The average molecular weight is 395 g/mol. The maximum atomic E-state index is 14.6. The molecule has 0 saturated carbocycles. The van der Waals surface area contributed by atoms with Gasteiger partial charge < -0.3 is 4.42 Å². The first kappa shape index (κ1) is 15.1. The van der Waals surface area contributed by atoms with Crippen molar-refractivity contribution in [1.82, 2.24) is 0 Å². The van der Waals surface area contributed by atoms with Crippen LogP contribution in [-0.2, 0) is 5.13 Å². The highest BCUT2D eigenvalue weighted by atomic mass is 35.5. The van der Waals surface area contributed by atoms with E-state index >= 15 is 0 Å². The van der Waals surface area contributed by atoms with Crippen molar-refractivity contribution in [2.75, 3.05) is 0 Å². The van der Waals surface area contributed by atoms with Crippen LogP contribution in [0.4, 0.5) is 4.39 Å². The number of rotatable bonds is 0. The number of furan rings is 1. The molecule has 0 aliphatic heterocycles. The Kier molecular flexibility index (Phi) is 3.65. The molecule has 106 valence electrons. The summed E-state index contributed by atoms with van der Waals surface area (Å²) < 4.78 is 20.0. The predicted octanol–water partition coefficient (Wildman–Crippen LogP) is 7.08. The number of halogens is 7. The van der Waals surface area contributed by atoms with Crippen molar-refractivity contribution in [3.8, 4) is 0 Å². The van der Waals surface area contributed by atoms with Crippen molar-refractivity contribution in [1.29, 1.82) is 0 Å². The van der Waals surface area contributed by atoms with E-state index in [0.717, 1.165) is 0 Å². The average Bonchev–Trinajstić information content (AvgIpc) is 2.80. The Bertz CT molecular complexity index is 763. The minimum atomic E-state index is -2.59. The Morgan fingerprint density at radius 2 is 1.80 bits per heavy atom. The van der Waals surface area contributed by atoms with Crippen molar-refractivity contribution in [2.45, 2.75) is 10.5 Å². The van der Waals surface area contributed by atoms with Gasteiger partial charge in [0.15, 0.2) is 11.3 Å². The molecule has 2 atom stereocenters. The largest absolute Gasteiger partial charge is 0.454 e. The first-order valence-corrected chi connectivity index (χ1v) is 7.57. The summed E-state index contributed by atoms with van der Waals surface area (Å²) in [6, 6.07) is 3.16. The van der Waals surface area contributed by atoms with Crippen LogP contribution in [0.3, 0.4) is 0 Å². The van der Waals surface area contributed by atoms with Crippen LogP contribution < -0.4 is 0 Å². The topological polar surface area (TPSA) is 13.1 Å². The second kappa shape index (κ2) is 4.84. The molecule has 2 unspecified atom stereocenters. The zero-order valence-corrected chi connectivity index (χ0v) is 13.8. The number of allylic oxidation sites excluding steroid dienone is 2. The van der Waals surface area contributed by atoms with Gasteiger partial charge in [-0.25, -0.2) is 4.39 Å². The van der Waals surface area contributed by atoms with Gasteiger partial charge in [0.2, 0.25) is 0 Å². The van der Waals surface area contributed by atoms with E-state index < -0.39 is 15.5 Å². The van der Waals surface area contributed by atoms with Gasteiger partial charge in [-0.2, -0.15) is 0 Å². The van der Waals surface area contributed by atoms with Gasteiger partial charge in [0.1, 0.15) is 5.02 Å². The zero-order chi connectivity index (χ0) is 14.8. The molecule has 0 saturated heterocycles. The molecule has 1 aliphatic rings.